The minimum absolute atomic E-state index is 0.249. The van der Waals surface area contributed by atoms with Crippen molar-refractivity contribution in [3.05, 3.63) is 47.9 Å². The van der Waals surface area contributed by atoms with Crippen LogP contribution in [0.5, 0.6) is 0 Å². The van der Waals surface area contributed by atoms with Crippen LogP contribution in [0.4, 0.5) is 11.5 Å². The molecule has 160 valence electrons. The first kappa shape index (κ1) is 20.8. The summed E-state index contributed by atoms with van der Waals surface area (Å²) in [6.45, 7) is 7.67. The zero-order chi connectivity index (χ0) is 20.8. The minimum atomic E-state index is 0.249. The van der Waals surface area contributed by atoms with Crippen LogP contribution in [-0.2, 0) is 9.53 Å². The lowest BCUT2D eigenvalue weighted by molar-refractivity contribution is -0.135. The standard InChI is InChI=1S/C23H31N5O2/c1-18-4-2-9-24-23(18)26-20-6-7-21(25-16-20)19-5-3-10-27(17-19)11-8-22(29)28-12-14-30-15-13-28/h2,4,6-7,9,16,19H,3,5,8,10-15,17H2,1H3,(H,24,26)/t19-/m1/s1. The molecule has 2 aliphatic rings. The molecule has 0 saturated carbocycles. The van der Waals surface area contributed by atoms with Gasteiger partial charge in [-0.3, -0.25) is 9.78 Å². The number of pyridine rings is 2. The highest BCUT2D eigenvalue weighted by molar-refractivity contribution is 5.76. The first-order valence-electron chi connectivity index (χ1n) is 10.9. The number of hydrogen-bond donors (Lipinski definition) is 1. The van der Waals surface area contributed by atoms with Crippen molar-refractivity contribution in [2.75, 3.05) is 51.3 Å². The largest absolute Gasteiger partial charge is 0.378 e. The van der Waals surface area contributed by atoms with Crippen molar-refractivity contribution in [3.63, 3.8) is 0 Å². The summed E-state index contributed by atoms with van der Waals surface area (Å²) in [6.07, 6.45) is 6.56. The second-order valence-electron chi connectivity index (χ2n) is 8.15. The zero-order valence-corrected chi connectivity index (χ0v) is 17.7. The van der Waals surface area contributed by atoms with Gasteiger partial charge in [0.25, 0.3) is 0 Å². The van der Waals surface area contributed by atoms with E-state index in [1.165, 1.54) is 0 Å². The van der Waals surface area contributed by atoms with Crippen molar-refractivity contribution in [1.82, 2.24) is 19.8 Å². The summed E-state index contributed by atoms with van der Waals surface area (Å²) in [5.41, 5.74) is 3.18. The smallest absolute Gasteiger partial charge is 0.224 e. The van der Waals surface area contributed by atoms with E-state index in [2.05, 4.69) is 27.3 Å². The Morgan fingerprint density at radius 2 is 2.07 bits per heavy atom. The van der Waals surface area contributed by atoms with Crippen LogP contribution in [0.1, 0.15) is 36.4 Å². The molecule has 2 saturated heterocycles. The van der Waals surface area contributed by atoms with E-state index in [-0.39, 0.29) is 5.91 Å². The molecule has 4 rings (SSSR count). The number of nitrogens with one attached hydrogen (secondary N) is 1. The molecule has 1 N–H and O–H groups in total. The van der Waals surface area contributed by atoms with Crippen LogP contribution >= 0.6 is 0 Å². The van der Waals surface area contributed by atoms with Gasteiger partial charge in [-0.1, -0.05) is 6.07 Å². The van der Waals surface area contributed by atoms with Crippen molar-refractivity contribution >= 4 is 17.4 Å². The van der Waals surface area contributed by atoms with Crippen molar-refractivity contribution < 1.29 is 9.53 Å². The van der Waals surface area contributed by atoms with Gasteiger partial charge < -0.3 is 19.9 Å². The molecule has 1 atom stereocenters. The maximum absolute atomic E-state index is 12.4. The Bertz CT molecular complexity index is 836. The van der Waals surface area contributed by atoms with Gasteiger partial charge in [0.15, 0.2) is 0 Å². The molecule has 0 radical (unpaired) electrons. The number of rotatable bonds is 6. The maximum atomic E-state index is 12.4. The van der Waals surface area contributed by atoms with Crippen molar-refractivity contribution in [2.24, 2.45) is 0 Å². The molecule has 2 aromatic rings. The molecule has 4 heterocycles. The monoisotopic (exact) mass is 409 g/mol. The molecule has 0 bridgehead atoms. The van der Waals surface area contributed by atoms with Gasteiger partial charge in [-0.2, -0.15) is 0 Å². The number of nitrogens with zero attached hydrogens (tertiary/aromatic N) is 4. The van der Waals surface area contributed by atoms with Crippen LogP contribution in [0.2, 0.25) is 0 Å². The Labute approximate surface area is 178 Å². The number of carbonyl (C=O) groups excluding carboxylic acids is 1. The van der Waals surface area contributed by atoms with Crippen molar-refractivity contribution in [2.45, 2.75) is 32.1 Å². The topological polar surface area (TPSA) is 70.6 Å². The quantitative estimate of drug-likeness (QED) is 0.791. The third kappa shape index (κ3) is 5.34. The van der Waals surface area contributed by atoms with Crippen molar-refractivity contribution in [1.29, 1.82) is 0 Å². The van der Waals surface area contributed by atoms with E-state index in [1.54, 1.807) is 6.20 Å². The summed E-state index contributed by atoms with van der Waals surface area (Å²) in [5, 5.41) is 3.34. The van der Waals surface area contributed by atoms with Gasteiger partial charge in [0, 0.05) is 50.4 Å². The number of amides is 1. The summed E-state index contributed by atoms with van der Waals surface area (Å²) in [5.74, 6) is 1.53. The van der Waals surface area contributed by atoms with E-state index in [0.717, 1.165) is 68.3 Å². The van der Waals surface area contributed by atoms with Crippen molar-refractivity contribution in [3.8, 4) is 0 Å². The molecule has 0 unspecified atom stereocenters. The molecule has 0 aliphatic carbocycles. The van der Waals surface area contributed by atoms with Gasteiger partial charge in [0.2, 0.25) is 5.91 Å². The fourth-order valence-electron chi connectivity index (χ4n) is 4.20. The lowest BCUT2D eigenvalue weighted by Gasteiger charge is -2.33. The second kappa shape index (κ2) is 10.00. The maximum Gasteiger partial charge on any atom is 0.224 e. The number of piperidine rings is 1. The Morgan fingerprint density at radius 3 is 2.83 bits per heavy atom. The van der Waals surface area contributed by atoms with Crippen LogP contribution in [0.25, 0.3) is 0 Å². The summed E-state index contributed by atoms with van der Waals surface area (Å²) >= 11 is 0. The first-order chi connectivity index (χ1) is 14.7. The van der Waals surface area contributed by atoms with Crippen LogP contribution < -0.4 is 5.32 Å². The number of anilines is 2. The normalized spacial score (nSPS) is 20.2. The van der Waals surface area contributed by atoms with Gasteiger partial charge in [-0.25, -0.2) is 4.98 Å². The third-order valence-electron chi connectivity index (χ3n) is 5.99. The molecule has 0 spiro atoms. The predicted octanol–water partition coefficient (Wildman–Crippen LogP) is 2.96. The van der Waals surface area contributed by atoms with Gasteiger partial charge in [-0.05, 0) is 50.1 Å². The zero-order valence-electron chi connectivity index (χ0n) is 17.7. The average molecular weight is 410 g/mol. The number of aryl methyl sites for hydroxylation is 1. The lowest BCUT2D eigenvalue weighted by Crippen LogP contribution is -2.43. The molecular formula is C23H31N5O2. The molecule has 7 heteroatoms. The Balaban J connectivity index is 1.29. The minimum Gasteiger partial charge on any atom is -0.378 e. The fourth-order valence-corrected chi connectivity index (χ4v) is 4.20. The Kier molecular flexibility index (Phi) is 6.92. The summed E-state index contributed by atoms with van der Waals surface area (Å²) in [6, 6.07) is 8.17. The lowest BCUT2D eigenvalue weighted by atomic mass is 9.94. The predicted molar refractivity (Wildman–Crippen MR) is 117 cm³/mol. The highest BCUT2D eigenvalue weighted by Gasteiger charge is 2.24. The Hall–Kier alpha value is -2.51. The average Bonchev–Trinajstić information content (AvgIpc) is 2.80. The van der Waals surface area contributed by atoms with Gasteiger partial charge in [0.1, 0.15) is 5.82 Å². The van der Waals surface area contributed by atoms with Crippen LogP contribution in [0.3, 0.4) is 0 Å². The van der Waals surface area contributed by atoms with Gasteiger partial charge >= 0.3 is 0 Å². The molecule has 7 nitrogen and oxygen atoms in total. The molecule has 2 aliphatic heterocycles. The SMILES string of the molecule is Cc1cccnc1Nc1ccc([C@@H]2CCCN(CCC(=O)N3CCOCC3)C2)nc1. The second-order valence-corrected chi connectivity index (χ2v) is 8.15. The molecule has 0 aromatic carbocycles. The van der Waals surface area contributed by atoms with Crippen LogP contribution in [0, 0.1) is 6.92 Å². The number of ether oxygens (including phenoxy) is 1. The molecule has 1 amide bonds. The first-order valence-corrected chi connectivity index (χ1v) is 10.9. The van der Waals surface area contributed by atoms with E-state index in [0.29, 0.717) is 25.6 Å². The highest BCUT2D eigenvalue weighted by Crippen LogP contribution is 2.27. The summed E-state index contributed by atoms with van der Waals surface area (Å²) in [7, 11) is 0. The van der Waals surface area contributed by atoms with E-state index >= 15 is 0 Å². The molecular weight excluding hydrogens is 378 g/mol. The van der Waals surface area contributed by atoms with Crippen LogP contribution in [-0.4, -0.2) is 71.6 Å². The highest BCUT2D eigenvalue weighted by atomic mass is 16.5. The summed E-state index contributed by atoms with van der Waals surface area (Å²) < 4.78 is 5.34. The summed E-state index contributed by atoms with van der Waals surface area (Å²) in [4.78, 5) is 25.9. The van der Waals surface area contributed by atoms with E-state index in [4.69, 9.17) is 9.72 Å². The van der Waals surface area contributed by atoms with E-state index < -0.39 is 0 Å². The third-order valence-corrected chi connectivity index (χ3v) is 5.99. The molecule has 2 fully saturated rings. The van der Waals surface area contributed by atoms with Gasteiger partial charge in [0.05, 0.1) is 25.1 Å². The fraction of sp³-hybridized carbons (Fsp3) is 0.522. The van der Waals surface area contributed by atoms with Gasteiger partial charge in [-0.15, -0.1) is 0 Å². The number of morpholine rings is 1. The molecule has 2 aromatic heterocycles. The number of likely N-dealkylation sites (tertiary alicyclic amines) is 1. The van der Waals surface area contributed by atoms with E-state index in [9.17, 15) is 4.79 Å². The number of aromatic nitrogens is 2. The Morgan fingerprint density at radius 1 is 1.20 bits per heavy atom. The number of carbonyl (C=O) groups is 1. The molecule has 30 heavy (non-hydrogen) atoms. The number of hydrogen-bond acceptors (Lipinski definition) is 6. The van der Waals surface area contributed by atoms with E-state index in [1.807, 2.05) is 30.2 Å². The van der Waals surface area contributed by atoms with Crippen LogP contribution in [0.15, 0.2) is 36.7 Å².